The third kappa shape index (κ3) is 3.93. The summed E-state index contributed by atoms with van der Waals surface area (Å²) in [5.74, 6) is 0.863. The van der Waals surface area contributed by atoms with Gasteiger partial charge in [-0.3, -0.25) is 5.41 Å². The van der Waals surface area contributed by atoms with E-state index in [2.05, 4.69) is 0 Å². The van der Waals surface area contributed by atoms with E-state index >= 15 is 0 Å². The van der Waals surface area contributed by atoms with Crippen LogP contribution in [0.3, 0.4) is 0 Å². The van der Waals surface area contributed by atoms with Crippen molar-refractivity contribution in [3.05, 3.63) is 28.8 Å². The van der Waals surface area contributed by atoms with Crippen molar-refractivity contribution >= 4 is 17.4 Å². The lowest BCUT2D eigenvalue weighted by Crippen LogP contribution is -2.32. The number of amidine groups is 1. The molecule has 3 N–H and O–H groups in total. The van der Waals surface area contributed by atoms with E-state index in [1.165, 1.54) is 0 Å². The Bertz CT molecular complexity index is 416. The summed E-state index contributed by atoms with van der Waals surface area (Å²) in [4.78, 5) is 0. The van der Waals surface area contributed by atoms with E-state index in [1.54, 1.807) is 0 Å². The number of nitrogens with one attached hydrogen (secondary N) is 1. The van der Waals surface area contributed by atoms with Crippen molar-refractivity contribution in [2.75, 3.05) is 6.61 Å². The summed E-state index contributed by atoms with van der Waals surface area (Å²) in [5, 5.41) is 8.06. The van der Waals surface area contributed by atoms with Crippen molar-refractivity contribution in [2.45, 2.75) is 27.2 Å². The third-order valence-corrected chi connectivity index (χ3v) is 3.11. The zero-order chi connectivity index (χ0) is 13.1. The second-order valence-electron chi connectivity index (χ2n) is 4.83. The fourth-order valence-corrected chi connectivity index (χ4v) is 1.44. The fourth-order valence-electron chi connectivity index (χ4n) is 1.27. The Kier molecular flexibility index (Phi) is 4.40. The summed E-state index contributed by atoms with van der Waals surface area (Å²) in [6, 6.07) is 5.67. The minimum Gasteiger partial charge on any atom is -0.492 e. The molecule has 0 aromatic heterocycles. The third-order valence-electron chi connectivity index (χ3n) is 2.80. The molecule has 0 fully saturated rings. The van der Waals surface area contributed by atoms with Gasteiger partial charge in [0.05, 0.1) is 17.5 Å². The SMILES string of the molecule is Cc1ccc(Cl)c(OCCC(C)(C)C(=N)N)c1. The molecule has 0 saturated heterocycles. The number of nitrogens with two attached hydrogens (primary N) is 1. The van der Waals surface area contributed by atoms with Gasteiger partial charge in [-0.1, -0.05) is 31.5 Å². The first-order chi connectivity index (χ1) is 7.83. The average Bonchev–Trinajstić information content (AvgIpc) is 2.22. The van der Waals surface area contributed by atoms with Crippen molar-refractivity contribution in [3.8, 4) is 5.75 Å². The van der Waals surface area contributed by atoms with Gasteiger partial charge in [0.25, 0.3) is 0 Å². The van der Waals surface area contributed by atoms with Crippen LogP contribution in [0.1, 0.15) is 25.8 Å². The van der Waals surface area contributed by atoms with Crippen LogP contribution >= 0.6 is 11.6 Å². The minimum atomic E-state index is -0.337. The van der Waals surface area contributed by atoms with E-state index in [0.717, 1.165) is 5.56 Å². The molecule has 0 spiro atoms. The summed E-state index contributed by atoms with van der Waals surface area (Å²) in [6.45, 7) is 6.34. The average molecular weight is 255 g/mol. The number of hydrogen-bond acceptors (Lipinski definition) is 2. The summed E-state index contributed by atoms with van der Waals surface area (Å²) in [5.41, 5.74) is 6.28. The Morgan fingerprint density at radius 3 is 2.71 bits per heavy atom. The molecule has 0 unspecified atom stereocenters. The highest BCUT2D eigenvalue weighted by Gasteiger charge is 2.21. The Hall–Kier alpha value is -1.22. The van der Waals surface area contributed by atoms with Crippen LogP contribution < -0.4 is 10.5 Å². The van der Waals surface area contributed by atoms with Crippen LogP contribution in [-0.2, 0) is 0 Å². The zero-order valence-electron chi connectivity index (χ0n) is 10.5. The maximum Gasteiger partial charge on any atom is 0.138 e. The molecule has 0 radical (unpaired) electrons. The quantitative estimate of drug-likeness (QED) is 0.625. The number of ether oxygens (including phenoxy) is 1. The van der Waals surface area contributed by atoms with E-state index in [9.17, 15) is 0 Å². The molecule has 0 saturated carbocycles. The maximum absolute atomic E-state index is 7.45. The van der Waals surface area contributed by atoms with E-state index < -0.39 is 0 Å². The topological polar surface area (TPSA) is 59.1 Å². The van der Waals surface area contributed by atoms with Crippen LogP contribution in [0.5, 0.6) is 5.75 Å². The van der Waals surface area contributed by atoms with Gasteiger partial charge in [0.15, 0.2) is 0 Å². The van der Waals surface area contributed by atoms with Gasteiger partial charge in [0.2, 0.25) is 0 Å². The Morgan fingerprint density at radius 2 is 2.12 bits per heavy atom. The zero-order valence-corrected chi connectivity index (χ0v) is 11.3. The highest BCUT2D eigenvalue weighted by Crippen LogP contribution is 2.27. The molecule has 94 valence electrons. The van der Waals surface area contributed by atoms with Crippen LogP contribution in [-0.4, -0.2) is 12.4 Å². The Morgan fingerprint density at radius 1 is 1.47 bits per heavy atom. The smallest absolute Gasteiger partial charge is 0.138 e. The lowest BCUT2D eigenvalue weighted by molar-refractivity contribution is 0.268. The first kappa shape index (κ1) is 13.8. The van der Waals surface area contributed by atoms with Crippen molar-refractivity contribution < 1.29 is 4.74 Å². The molecule has 17 heavy (non-hydrogen) atoms. The van der Waals surface area contributed by atoms with E-state index in [4.69, 9.17) is 27.5 Å². The maximum atomic E-state index is 7.45. The van der Waals surface area contributed by atoms with Crippen LogP contribution in [0, 0.1) is 17.7 Å². The molecule has 3 nitrogen and oxygen atoms in total. The number of hydrogen-bond donors (Lipinski definition) is 2. The molecule has 1 aromatic rings. The Labute approximate surface area is 107 Å². The van der Waals surface area contributed by atoms with Gasteiger partial charge in [0.1, 0.15) is 5.75 Å². The number of halogens is 1. The molecule has 4 heteroatoms. The number of benzene rings is 1. The molecule has 0 heterocycles. The van der Waals surface area contributed by atoms with Gasteiger partial charge >= 0.3 is 0 Å². The standard InChI is InChI=1S/C13H19ClN2O/c1-9-4-5-10(14)11(8-9)17-7-6-13(2,3)12(15)16/h4-5,8H,6-7H2,1-3H3,(H3,15,16). The summed E-state index contributed by atoms with van der Waals surface area (Å²) < 4.78 is 5.62. The molecular formula is C13H19ClN2O. The largest absolute Gasteiger partial charge is 0.492 e. The van der Waals surface area contributed by atoms with Crippen LogP contribution in [0.2, 0.25) is 5.02 Å². The van der Waals surface area contributed by atoms with Gasteiger partial charge in [-0.2, -0.15) is 0 Å². The van der Waals surface area contributed by atoms with Crippen molar-refractivity contribution in [2.24, 2.45) is 11.1 Å². The van der Waals surface area contributed by atoms with Gasteiger partial charge < -0.3 is 10.5 Å². The molecule has 0 aliphatic heterocycles. The predicted octanol–water partition coefficient (Wildman–Crippen LogP) is 3.38. The number of rotatable bonds is 5. The molecule has 1 aromatic carbocycles. The lowest BCUT2D eigenvalue weighted by atomic mass is 9.88. The summed E-state index contributed by atoms with van der Waals surface area (Å²) in [6.07, 6.45) is 0.687. The monoisotopic (exact) mass is 254 g/mol. The minimum absolute atomic E-state index is 0.177. The van der Waals surface area contributed by atoms with Crippen molar-refractivity contribution in [3.63, 3.8) is 0 Å². The molecule has 1 rings (SSSR count). The molecule has 0 aliphatic rings. The summed E-state index contributed by atoms with van der Waals surface area (Å²) >= 11 is 6.02. The second-order valence-corrected chi connectivity index (χ2v) is 5.24. The van der Waals surface area contributed by atoms with Gasteiger partial charge in [-0.05, 0) is 31.0 Å². The predicted molar refractivity (Wildman–Crippen MR) is 72.0 cm³/mol. The van der Waals surface area contributed by atoms with Crippen molar-refractivity contribution in [1.29, 1.82) is 5.41 Å². The van der Waals surface area contributed by atoms with Crippen LogP contribution in [0.4, 0.5) is 0 Å². The molecule has 0 aliphatic carbocycles. The first-order valence-electron chi connectivity index (χ1n) is 5.56. The molecule has 0 bridgehead atoms. The fraction of sp³-hybridized carbons (Fsp3) is 0.462. The molecule has 0 atom stereocenters. The number of aryl methyl sites for hydroxylation is 1. The van der Waals surface area contributed by atoms with Crippen molar-refractivity contribution in [1.82, 2.24) is 0 Å². The van der Waals surface area contributed by atoms with Gasteiger partial charge in [0, 0.05) is 5.41 Å². The normalized spacial score (nSPS) is 11.3. The van der Waals surface area contributed by atoms with Crippen LogP contribution in [0.15, 0.2) is 18.2 Å². The molecular weight excluding hydrogens is 236 g/mol. The lowest BCUT2D eigenvalue weighted by Gasteiger charge is -2.22. The van der Waals surface area contributed by atoms with Crippen LogP contribution in [0.25, 0.3) is 0 Å². The van der Waals surface area contributed by atoms with Gasteiger partial charge in [-0.15, -0.1) is 0 Å². The highest BCUT2D eigenvalue weighted by atomic mass is 35.5. The van der Waals surface area contributed by atoms with E-state index in [1.807, 2.05) is 39.0 Å². The van der Waals surface area contributed by atoms with E-state index in [0.29, 0.717) is 23.8 Å². The molecule has 0 amide bonds. The van der Waals surface area contributed by atoms with E-state index in [-0.39, 0.29) is 11.3 Å². The highest BCUT2D eigenvalue weighted by molar-refractivity contribution is 6.32. The first-order valence-corrected chi connectivity index (χ1v) is 5.94. The van der Waals surface area contributed by atoms with Gasteiger partial charge in [-0.25, -0.2) is 0 Å². The summed E-state index contributed by atoms with van der Waals surface area (Å²) in [7, 11) is 0. The second kappa shape index (κ2) is 5.41. The Balaban J connectivity index is 2.57.